The number of fused-ring (bicyclic) bond motifs is 9. The lowest BCUT2D eigenvalue weighted by Gasteiger charge is -2.26. The molecule has 0 radical (unpaired) electrons. The second kappa shape index (κ2) is 11.7. The minimum Gasteiger partial charge on any atom is -0.456 e. The number of para-hydroxylation sites is 1. The molecule has 4 heteroatoms. The molecule has 0 bridgehead atoms. The van der Waals surface area contributed by atoms with E-state index in [0.29, 0.717) is 0 Å². The monoisotopic (exact) mass is 699 g/mol. The van der Waals surface area contributed by atoms with Crippen LogP contribution in [0, 0.1) is 0 Å². The molecule has 3 aromatic heterocycles. The number of nitrogens with zero attached hydrogens (tertiary/aromatic N) is 1. The lowest BCUT2D eigenvalue weighted by molar-refractivity contribution is 0.669. The first kappa shape index (κ1) is 29.5. The van der Waals surface area contributed by atoms with Crippen LogP contribution in [0.1, 0.15) is 0 Å². The van der Waals surface area contributed by atoms with Gasteiger partial charge in [-0.05, 0) is 107 Å². The molecule has 0 N–H and O–H groups in total. The van der Waals surface area contributed by atoms with Crippen molar-refractivity contribution in [3.8, 4) is 22.3 Å². The van der Waals surface area contributed by atoms with Gasteiger partial charge in [-0.15, -0.1) is 22.7 Å². The predicted molar refractivity (Wildman–Crippen MR) is 225 cm³/mol. The summed E-state index contributed by atoms with van der Waals surface area (Å²) < 4.78 is 11.5. The third kappa shape index (κ3) is 4.76. The number of benzene rings is 8. The van der Waals surface area contributed by atoms with E-state index >= 15 is 0 Å². The Morgan fingerprint density at radius 2 is 0.750 bits per heavy atom. The molecule has 8 aromatic carbocycles. The fraction of sp³-hybridized carbons (Fsp3) is 0. The number of anilines is 3. The Hall–Kier alpha value is -6.20. The first-order chi connectivity index (χ1) is 25.7. The molecular weight excluding hydrogens is 671 g/mol. The highest BCUT2D eigenvalue weighted by Crippen LogP contribution is 2.42. The Kier molecular flexibility index (Phi) is 6.63. The first-order valence-electron chi connectivity index (χ1n) is 17.5. The minimum atomic E-state index is 0.892. The molecule has 0 fully saturated rings. The van der Waals surface area contributed by atoms with Gasteiger partial charge in [0.2, 0.25) is 0 Å². The first-order valence-corrected chi connectivity index (χ1v) is 19.1. The molecule has 2 nitrogen and oxygen atoms in total. The van der Waals surface area contributed by atoms with Gasteiger partial charge < -0.3 is 9.32 Å². The van der Waals surface area contributed by atoms with E-state index in [0.717, 1.165) is 39.0 Å². The van der Waals surface area contributed by atoms with Gasteiger partial charge in [-0.1, -0.05) is 91.0 Å². The normalized spacial score (nSPS) is 11.8. The molecule has 11 rings (SSSR count). The molecule has 0 aliphatic rings. The Labute approximate surface area is 308 Å². The SMILES string of the molecule is c1ccc2c(c1)oc1ccc(N(c3ccc(-c4ccc5sc6ccccc6c5c4)cc3)c3ccc(-c4ccc5sc6ccccc6c5c4)cc3)cc12. The third-order valence-electron chi connectivity index (χ3n) is 10.3. The van der Waals surface area contributed by atoms with Crippen molar-refractivity contribution in [2.75, 3.05) is 4.90 Å². The summed E-state index contributed by atoms with van der Waals surface area (Å²) in [6, 6.07) is 63.8. The van der Waals surface area contributed by atoms with Gasteiger partial charge in [0, 0.05) is 68.2 Å². The topological polar surface area (TPSA) is 16.4 Å². The van der Waals surface area contributed by atoms with Crippen molar-refractivity contribution < 1.29 is 4.42 Å². The fourth-order valence-corrected chi connectivity index (χ4v) is 9.89. The van der Waals surface area contributed by atoms with Crippen LogP contribution < -0.4 is 4.90 Å². The predicted octanol–water partition coefficient (Wildman–Crippen LogP) is 15.1. The summed E-state index contributed by atoms with van der Waals surface area (Å²) in [5, 5.41) is 7.51. The number of furan rings is 1. The molecule has 0 atom stereocenters. The van der Waals surface area contributed by atoms with Crippen molar-refractivity contribution in [2.24, 2.45) is 0 Å². The van der Waals surface area contributed by atoms with E-state index in [9.17, 15) is 0 Å². The standard InChI is InChI=1S/C48H29NOS2/c1-4-10-43-37(7-1)40-29-36(23-24-44(40)50-43)49(34-19-13-30(14-20-34)32-17-25-47-41(27-32)38-8-2-5-11-45(38)51-47)35-21-15-31(16-22-35)33-18-26-48-42(28-33)39-9-3-6-12-46(39)52-48/h1-29H. The van der Waals surface area contributed by atoms with Crippen LogP contribution in [0.5, 0.6) is 0 Å². The Morgan fingerprint density at radius 1 is 0.308 bits per heavy atom. The number of hydrogen-bond donors (Lipinski definition) is 0. The summed E-state index contributed by atoms with van der Waals surface area (Å²) in [7, 11) is 0. The number of hydrogen-bond acceptors (Lipinski definition) is 4. The summed E-state index contributed by atoms with van der Waals surface area (Å²) in [5.74, 6) is 0. The zero-order chi connectivity index (χ0) is 34.2. The lowest BCUT2D eigenvalue weighted by atomic mass is 10.0. The summed E-state index contributed by atoms with van der Waals surface area (Å²) >= 11 is 3.71. The van der Waals surface area contributed by atoms with Crippen molar-refractivity contribution in [1.82, 2.24) is 0 Å². The van der Waals surface area contributed by atoms with Gasteiger partial charge in [-0.3, -0.25) is 0 Å². The van der Waals surface area contributed by atoms with E-state index in [-0.39, 0.29) is 0 Å². The fourth-order valence-electron chi connectivity index (χ4n) is 7.72. The van der Waals surface area contributed by atoms with Gasteiger partial charge in [-0.25, -0.2) is 0 Å². The van der Waals surface area contributed by atoms with Crippen molar-refractivity contribution >= 4 is 102 Å². The van der Waals surface area contributed by atoms with Gasteiger partial charge in [0.25, 0.3) is 0 Å². The van der Waals surface area contributed by atoms with Gasteiger partial charge in [-0.2, -0.15) is 0 Å². The molecule has 11 aromatic rings. The largest absolute Gasteiger partial charge is 0.456 e. The molecule has 0 spiro atoms. The molecule has 0 amide bonds. The second-order valence-corrected chi connectivity index (χ2v) is 15.5. The average molecular weight is 700 g/mol. The summed E-state index contributed by atoms with van der Waals surface area (Å²) in [4.78, 5) is 2.35. The lowest BCUT2D eigenvalue weighted by Crippen LogP contribution is -2.09. The molecule has 0 aliphatic heterocycles. The van der Waals surface area contributed by atoms with E-state index in [1.165, 1.54) is 62.6 Å². The highest BCUT2D eigenvalue weighted by Gasteiger charge is 2.17. The highest BCUT2D eigenvalue weighted by molar-refractivity contribution is 7.26. The van der Waals surface area contributed by atoms with Crippen LogP contribution in [-0.2, 0) is 0 Å². The van der Waals surface area contributed by atoms with Crippen LogP contribution in [0.25, 0.3) is 84.5 Å². The molecule has 244 valence electrons. The Morgan fingerprint density at radius 3 is 1.33 bits per heavy atom. The molecule has 0 saturated carbocycles. The van der Waals surface area contributed by atoms with E-state index in [2.05, 4.69) is 169 Å². The van der Waals surface area contributed by atoms with E-state index in [4.69, 9.17) is 4.42 Å². The zero-order valence-corrected chi connectivity index (χ0v) is 29.5. The van der Waals surface area contributed by atoms with Crippen LogP contribution in [0.4, 0.5) is 17.1 Å². The van der Waals surface area contributed by atoms with Crippen molar-refractivity contribution in [2.45, 2.75) is 0 Å². The summed E-state index contributed by atoms with van der Waals surface area (Å²) in [6.45, 7) is 0. The zero-order valence-electron chi connectivity index (χ0n) is 27.9. The average Bonchev–Trinajstić information content (AvgIpc) is 3.89. The van der Waals surface area contributed by atoms with E-state index in [1.807, 2.05) is 34.8 Å². The second-order valence-electron chi connectivity index (χ2n) is 13.3. The van der Waals surface area contributed by atoms with Gasteiger partial charge in [0.15, 0.2) is 0 Å². The van der Waals surface area contributed by atoms with Gasteiger partial charge in [0.1, 0.15) is 11.2 Å². The van der Waals surface area contributed by atoms with Gasteiger partial charge in [0.05, 0.1) is 0 Å². The van der Waals surface area contributed by atoms with E-state index in [1.54, 1.807) is 0 Å². The maximum Gasteiger partial charge on any atom is 0.135 e. The van der Waals surface area contributed by atoms with Crippen LogP contribution in [0.15, 0.2) is 180 Å². The van der Waals surface area contributed by atoms with Crippen molar-refractivity contribution in [3.63, 3.8) is 0 Å². The molecule has 3 heterocycles. The molecule has 0 saturated heterocycles. The Balaban J connectivity index is 1.01. The summed E-state index contributed by atoms with van der Waals surface area (Å²) in [6.07, 6.45) is 0. The molecule has 0 aliphatic carbocycles. The smallest absolute Gasteiger partial charge is 0.135 e. The van der Waals surface area contributed by atoms with Gasteiger partial charge >= 0.3 is 0 Å². The van der Waals surface area contributed by atoms with Crippen LogP contribution in [0.2, 0.25) is 0 Å². The van der Waals surface area contributed by atoms with Crippen LogP contribution >= 0.6 is 22.7 Å². The Bertz CT molecular complexity index is 2970. The van der Waals surface area contributed by atoms with Crippen LogP contribution in [0.3, 0.4) is 0 Å². The number of thiophene rings is 2. The van der Waals surface area contributed by atoms with Crippen molar-refractivity contribution in [3.05, 3.63) is 176 Å². The quantitative estimate of drug-likeness (QED) is 0.178. The maximum atomic E-state index is 6.21. The van der Waals surface area contributed by atoms with E-state index < -0.39 is 0 Å². The number of rotatable bonds is 5. The minimum absolute atomic E-state index is 0.892. The van der Waals surface area contributed by atoms with Crippen molar-refractivity contribution in [1.29, 1.82) is 0 Å². The van der Waals surface area contributed by atoms with Crippen LogP contribution in [-0.4, -0.2) is 0 Å². The molecule has 0 unspecified atom stereocenters. The molecular formula is C48H29NOS2. The maximum absolute atomic E-state index is 6.21. The highest BCUT2D eigenvalue weighted by atomic mass is 32.1. The third-order valence-corrected chi connectivity index (χ3v) is 12.6. The summed E-state index contributed by atoms with van der Waals surface area (Å²) in [5.41, 5.74) is 9.91. The molecule has 52 heavy (non-hydrogen) atoms.